The molecule has 0 spiro atoms. The molecule has 88 valence electrons. The van der Waals surface area contributed by atoms with Crippen LogP contribution < -0.4 is 0 Å². The van der Waals surface area contributed by atoms with Crippen molar-refractivity contribution in [2.45, 2.75) is 26.7 Å². The van der Waals surface area contributed by atoms with Gasteiger partial charge in [-0.05, 0) is 47.8 Å². The zero-order valence-electron chi connectivity index (χ0n) is 10.6. The summed E-state index contributed by atoms with van der Waals surface area (Å²) in [6, 6.07) is 10.2. The van der Waals surface area contributed by atoms with E-state index in [0.717, 1.165) is 17.5 Å². The van der Waals surface area contributed by atoms with Crippen molar-refractivity contribution in [3.8, 4) is 0 Å². The molecule has 1 saturated carbocycles. The molecule has 17 heavy (non-hydrogen) atoms. The molecular formula is C16H19N. The van der Waals surface area contributed by atoms with Gasteiger partial charge in [-0.1, -0.05) is 38.1 Å². The highest BCUT2D eigenvalue weighted by Crippen LogP contribution is 2.58. The summed E-state index contributed by atoms with van der Waals surface area (Å²) in [6.45, 7) is 4.80. The standard InChI is InChI=1S/C16H19N/c1-16(2)13-9-8-12(15(16)10-13)11-17-14-6-4-3-5-7-14/h3-8,11,13,15H,9-10H2,1-2H3/t13-,15+/m1/s1. The minimum Gasteiger partial charge on any atom is -0.257 e. The first-order chi connectivity index (χ1) is 8.18. The Bertz CT molecular complexity index is 468. The summed E-state index contributed by atoms with van der Waals surface area (Å²) in [4.78, 5) is 4.58. The smallest absolute Gasteiger partial charge is 0.0629 e. The third-order valence-corrected chi connectivity index (χ3v) is 4.63. The van der Waals surface area contributed by atoms with Crippen LogP contribution in [-0.4, -0.2) is 6.21 Å². The first kappa shape index (κ1) is 10.8. The van der Waals surface area contributed by atoms with Crippen molar-refractivity contribution in [1.82, 2.24) is 0 Å². The Kier molecular flexibility index (Phi) is 2.43. The van der Waals surface area contributed by atoms with Gasteiger partial charge in [-0.25, -0.2) is 0 Å². The molecule has 0 amide bonds. The zero-order valence-corrected chi connectivity index (χ0v) is 10.6. The van der Waals surface area contributed by atoms with Crippen LogP contribution in [0.4, 0.5) is 5.69 Å². The Morgan fingerprint density at radius 1 is 1.24 bits per heavy atom. The second kappa shape index (κ2) is 3.83. The first-order valence-corrected chi connectivity index (χ1v) is 6.47. The van der Waals surface area contributed by atoms with Gasteiger partial charge in [-0.15, -0.1) is 0 Å². The normalized spacial score (nSPS) is 29.9. The Balaban J connectivity index is 1.79. The quantitative estimate of drug-likeness (QED) is 0.662. The molecule has 1 nitrogen and oxygen atoms in total. The van der Waals surface area contributed by atoms with Gasteiger partial charge in [0.15, 0.2) is 0 Å². The summed E-state index contributed by atoms with van der Waals surface area (Å²) >= 11 is 0. The molecule has 0 N–H and O–H groups in total. The number of para-hydroxylation sites is 1. The van der Waals surface area contributed by atoms with Gasteiger partial charge in [0.2, 0.25) is 0 Å². The predicted octanol–water partition coefficient (Wildman–Crippen LogP) is 4.38. The molecule has 1 aromatic carbocycles. The van der Waals surface area contributed by atoms with Crippen LogP contribution in [-0.2, 0) is 0 Å². The first-order valence-electron chi connectivity index (χ1n) is 6.47. The van der Waals surface area contributed by atoms with Crippen molar-refractivity contribution in [3.05, 3.63) is 42.0 Å². The summed E-state index contributed by atoms with van der Waals surface area (Å²) in [6.07, 6.45) is 7.06. The highest BCUT2D eigenvalue weighted by atomic mass is 14.7. The highest BCUT2D eigenvalue weighted by molar-refractivity contribution is 5.82. The molecule has 1 fully saturated rings. The van der Waals surface area contributed by atoms with Crippen LogP contribution in [0.2, 0.25) is 0 Å². The average Bonchev–Trinajstić information content (AvgIpc) is 2.37. The predicted molar refractivity (Wildman–Crippen MR) is 72.7 cm³/mol. The molecule has 0 aliphatic heterocycles. The van der Waals surface area contributed by atoms with Crippen LogP contribution in [0.5, 0.6) is 0 Å². The molecule has 0 heterocycles. The van der Waals surface area contributed by atoms with Crippen LogP contribution in [0, 0.1) is 17.3 Å². The fraction of sp³-hybridized carbons (Fsp3) is 0.438. The number of hydrogen-bond acceptors (Lipinski definition) is 1. The number of aliphatic imine (C=N–C) groups is 1. The Labute approximate surface area is 103 Å². The highest BCUT2D eigenvalue weighted by Gasteiger charge is 2.50. The summed E-state index contributed by atoms with van der Waals surface area (Å²) in [5.74, 6) is 1.63. The van der Waals surface area contributed by atoms with Gasteiger partial charge in [-0.3, -0.25) is 4.99 Å². The Hall–Kier alpha value is -1.37. The largest absolute Gasteiger partial charge is 0.257 e. The van der Waals surface area contributed by atoms with Gasteiger partial charge < -0.3 is 0 Å². The van der Waals surface area contributed by atoms with Crippen LogP contribution in [0.15, 0.2) is 47.0 Å². The van der Waals surface area contributed by atoms with E-state index in [1.165, 1.54) is 18.4 Å². The van der Waals surface area contributed by atoms with Gasteiger partial charge in [0.05, 0.1) is 5.69 Å². The van der Waals surface area contributed by atoms with Crippen molar-refractivity contribution in [2.75, 3.05) is 0 Å². The van der Waals surface area contributed by atoms with E-state index >= 15 is 0 Å². The van der Waals surface area contributed by atoms with E-state index in [1.807, 2.05) is 18.2 Å². The zero-order chi connectivity index (χ0) is 11.9. The minimum absolute atomic E-state index is 0.493. The van der Waals surface area contributed by atoms with Crippen molar-refractivity contribution >= 4 is 11.9 Å². The van der Waals surface area contributed by atoms with Crippen molar-refractivity contribution < 1.29 is 0 Å². The topological polar surface area (TPSA) is 12.4 Å². The van der Waals surface area contributed by atoms with Gasteiger partial charge in [-0.2, -0.15) is 0 Å². The number of nitrogens with zero attached hydrogens (tertiary/aromatic N) is 1. The Morgan fingerprint density at radius 3 is 2.65 bits per heavy atom. The molecular weight excluding hydrogens is 206 g/mol. The van der Waals surface area contributed by atoms with E-state index in [0.29, 0.717) is 5.41 Å². The summed E-state index contributed by atoms with van der Waals surface area (Å²) in [5.41, 5.74) is 2.99. The summed E-state index contributed by atoms with van der Waals surface area (Å²) in [7, 11) is 0. The van der Waals surface area contributed by atoms with E-state index < -0.39 is 0 Å². The molecule has 4 rings (SSSR count). The molecule has 0 saturated heterocycles. The van der Waals surface area contributed by atoms with Crippen LogP contribution >= 0.6 is 0 Å². The molecule has 3 aliphatic rings. The van der Waals surface area contributed by atoms with Crippen LogP contribution in [0.3, 0.4) is 0 Å². The lowest BCUT2D eigenvalue weighted by Crippen LogP contribution is -2.48. The summed E-state index contributed by atoms with van der Waals surface area (Å²) in [5, 5.41) is 0. The molecule has 2 bridgehead atoms. The third-order valence-electron chi connectivity index (χ3n) is 4.63. The lowest BCUT2D eigenvalue weighted by molar-refractivity contribution is -0.00123. The fourth-order valence-electron chi connectivity index (χ4n) is 3.21. The van der Waals surface area contributed by atoms with Crippen molar-refractivity contribution in [3.63, 3.8) is 0 Å². The molecule has 1 heteroatoms. The maximum Gasteiger partial charge on any atom is 0.0629 e. The van der Waals surface area contributed by atoms with Gasteiger partial charge >= 0.3 is 0 Å². The van der Waals surface area contributed by atoms with E-state index in [-0.39, 0.29) is 0 Å². The number of benzene rings is 1. The lowest BCUT2D eigenvalue weighted by atomic mass is 9.49. The average molecular weight is 225 g/mol. The van der Waals surface area contributed by atoms with E-state index in [9.17, 15) is 0 Å². The van der Waals surface area contributed by atoms with Crippen molar-refractivity contribution in [2.24, 2.45) is 22.2 Å². The lowest BCUT2D eigenvalue weighted by Gasteiger charge is -2.55. The van der Waals surface area contributed by atoms with E-state index in [1.54, 1.807) is 0 Å². The van der Waals surface area contributed by atoms with Crippen LogP contribution in [0.25, 0.3) is 0 Å². The minimum atomic E-state index is 0.493. The number of allylic oxidation sites excluding steroid dienone is 2. The van der Waals surface area contributed by atoms with Crippen molar-refractivity contribution in [1.29, 1.82) is 0 Å². The SMILES string of the molecule is CC1(C)[C@@H]2CC=C(C=Nc3ccccc3)[C@@H]1C2. The molecule has 3 aliphatic carbocycles. The maximum atomic E-state index is 4.58. The molecule has 1 aromatic rings. The van der Waals surface area contributed by atoms with Gasteiger partial charge in [0, 0.05) is 6.21 Å². The Morgan fingerprint density at radius 2 is 2.00 bits per heavy atom. The van der Waals surface area contributed by atoms with Gasteiger partial charge in [0.25, 0.3) is 0 Å². The van der Waals surface area contributed by atoms with Gasteiger partial charge in [0.1, 0.15) is 0 Å². The number of hydrogen-bond donors (Lipinski definition) is 0. The van der Waals surface area contributed by atoms with E-state index in [2.05, 4.69) is 43.3 Å². The molecule has 2 atom stereocenters. The molecule has 0 aromatic heterocycles. The second-order valence-corrected chi connectivity index (χ2v) is 5.84. The number of fused-ring (bicyclic) bond motifs is 1. The van der Waals surface area contributed by atoms with E-state index in [4.69, 9.17) is 0 Å². The van der Waals surface area contributed by atoms with Crippen LogP contribution in [0.1, 0.15) is 26.7 Å². The fourth-order valence-corrected chi connectivity index (χ4v) is 3.21. The molecule has 0 radical (unpaired) electrons. The maximum absolute atomic E-state index is 4.58. The second-order valence-electron chi connectivity index (χ2n) is 5.84. The monoisotopic (exact) mass is 225 g/mol. The molecule has 0 unspecified atom stereocenters. The summed E-state index contributed by atoms with van der Waals surface area (Å²) < 4.78 is 0. The number of rotatable bonds is 2. The third kappa shape index (κ3) is 1.74.